The third-order valence-corrected chi connectivity index (χ3v) is 4.22. The summed E-state index contributed by atoms with van der Waals surface area (Å²) in [6.07, 6.45) is 3.88. The number of carbonyl (C=O) groups is 1. The van der Waals surface area contributed by atoms with Crippen molar-refractivity contribution in [1.29, 1.82) is 0 Å². The van der Waals surface area contributed by atoms with E-state index in [0.717, 1.165) is 31.6 Å². The van der Waals surface area contributed by atoms with E-state index >= 15 is 0 Å². The fourth-order valence-corrected chi connectivity index (χ4v) is 3.00. The standard InChI is InChI=1S/C15H29NO2/c1-11(17)10-16(5)14(18)12-6-8-13(9-7-12)15(2,3)4/h11-13,17H,6-10H2,1-5H3. The summed E-state index contributed by atoms with van der Waals surface area (Å²) in [7, 11) is 1.80. The zero-order valence-corrected chi connectivity index (χ0v) is 12.6. The van der Waals surface area contributed by atoms with Gasteiger partial charge in [0.05, 0.1) is 6.10 Å². The molecule has 1 amide bonds. The summed E-state index contributed by atoms with van der Waals surface area (Å²) in [6, 6.07) is 0. The monoisotopic (exact) mass is 255 g/mol. The number of hydrogen-bond acceptors (Lipinski definition) is 2. The van der Waals surface area contributed by atoms with Gasteiger partial charge in [0, 0.05) is 19.5 Å². The minimum Gasteiger partial charge on any atom is -0.392 e. The maximum absolute atomic E-state index is 12.2. The number of carbonyl (C=O) groups excluding carboxylic acids is 1. The van der Waals surface area contributed by atoms with Crippen molar-refractivity contribution in [3.8, 4) is 0 Å². The van der Waals surface area contributed by atoms with Gasteiger partial charge in [-0.2, -0.15) is 0 Å². The lowest BCUT2D eigenvalue weighted by atomic mass is 9.69. The van der Waals surface area contributed by atoms with Crippen molar-refractivity contribution in [1.82, 2.24) is 4.90 Å². The Kier molecular flexibility index (Phi) is 5.20. The van der Waals surface area contributed by atoms with Crippen LogP contribution in [0, 0.1) is 17.3 Å². The molecule has 106 valence electrons. The fraction of sp³-hybridized carbons (Fsp3) is 0.933. The molecule has 1 atom stereocenters. The molecule has 1 N–H and O–H groups in total. The largest absolute Gasteiger partial charge is 0.392 e. The van der Waals surface area contributed by atoms with E-state index in [4.69, 9.17) is 0 Å². The molecule has 0 saturated heterocycles. The predicted octanol–water partition coefficient (Wildman–Crippen LogP) is 2.68. The van der Waals surface area contributed by atoms with Crippen molar-refractivity contribution >= 4 is 5.91 Å². The van der Waals surface area contributed by atoms with Gasteiger partial charge in [0.2, 0.25) is 5.91 Å². The van der Waals surface area contributed by atoms with Crippen LogP contribution in [0.3, 0.4) is 0 Å². The third kappa shape index (κ3) is 4.27. The summed E-state index contributed by atoms with van der Waals surface area (Å²) in [6.45, 7) is 9.04. The molecule has 0 aromatic rings. The maximum Gasteiger partial charge on any atom is 0.225 e. The Morgan fingerprint density at radius 2 is 1.78 bits per heavy atom. The first-order valence-electron chi connectivity index (χ1n) is 7.15. The van der Waals surface area contributed by atoms with Gasteiger partial charge in [0.1, 0.15) is 0 Å². The molecule has 1 saturated carbocycles. The quantitative estimate of drug-likeness (QED) is 0.842. The van der Waals surface area contributed by atoms with E-state index in [-0.39, 0.29) is 11.8 Å². The summed E-state index contributed by atoms with van der Waals surface area (Å²) < 4.78 is 0. The molecule has 0 aromatic heterocycles. The van der Waals surface area contributed by atoms with Gasteiger partial charge >= 0.3 is 0 Å². The highest BCUT2D eigenvalue weighted by atomic mass is 16.3. The molecule has 1 rings (SSSR count). The van der Waals surface area contributed by atoms with Crippen LogP contribution in [0.5, 0.6) is 0 Å². The molecule has 18 heavy (non-hydrogen) atoms. The summed E-state index contributed by atoms with van der Waals surface area (Å²) in [4.78, 5) is 13.9. The molecule has 0 aromatic carbocycles. The molecule has 0 aliphatic heterocycles. The molecule has 1 aliphatic carbocycles. The van der Waals surface area contributed by atoms with E-state index < -0.39 is 6.10 Å². The van der Waals surface area contributed by atoms with E-state index in [1.165, 1.54) is 0 Å². The summed E-state index contributed by atoms with van der Waals surface area (Å²) in [5.41, 5.74) is 0.361. The van der Waals surface area contributed by atoms with E-state index in [9.17, 15) is 9.90 Å². The molecule has 0 spiro atoms. The van der Waals surface area contributed by atoms with Crippen molar-refractivity contribution < 1.29 is 9.90 Å². The number of hydrogen-bond donors (Lipinski definition) is 1. The normalized spacial score (nSPS) is 26.8. The first kappa shape index (κ1) is 15.5. The molecular weight excluding hydrogens is 226 g/mol. The molecule has 1 fully saturated rings. The molecule has 0 heterocycles. The Morgan fingerprint density at radius 3 is 2.17 bits per heavy atom. The number of aliphatic hydroxyl groups excluding tert-OH is 1. The third-order valence-electron chi connectivity index (χ3n) is 4.22. The Morgan fingerprint density at radius 1 is 1.28 bits per heavy atom. The summed E-state index contributed by atoms with van der Waals surface area (Å²) in [5.74, 6) is 1.12. The second-order valence-electron chi connectivity index (χ2n) is 6.98. The first-order chi connectivity index (χ1) is 8.21. The lowest BCUT2D eigenvalue weighted by molar-refractivity contribution is -0.137. The van der Waals surface area contributed by atoms with Gasteiger partial charge in [-0.1, -0.05) is 20.8 Å². The van der Waals surface area contributed by atoms with Crippen LogP contribution in [0.1, 0.15) is 53.4 Å². The van der Waals surface area contributed by atoms with Crippen molar-refractivity contribution in [3.05, 3.63) is 0 Å². The predicted molar refractivity (Wildman–Crippen MR) is 74.2 cm³/mol. The molecule has 0 bridgehead atoms. The molecule has 1 aliphatic rings. The van der Waals surface area contributed by atoms with Crippen molar-refractivity contribution in [2.24, 2.45) is 17.3 Å². The van der Waals surface area contributed by atoms with Crippen molar-refractivity contribution in [2.75, 3.05) is 13.6 Å². The van der Waals surface area contributed by atoms with E-state index in [1.54, 1.807) is 18.9 Å². The Balaban J connectivity index is 2.45. The van der Waals surface area contributed by atoms with Gasteiger partial charge in [0.15, 0.2) is 0 Å². The van der Waals surface area contributed by atoms with Crippen molar-refractivity contribution in [3.63, 3.8) is 0 Å². The van der Waals surface area contributed by atoms with Crippen LogP contribution in [0.2, 0.25) is 0 Å². The van der Waals surface area contributed by atoms with Gasteiger partial charge in [-0.3, -0.25) is 4.79 Å². The van der Waals surface area contributed by atoms with Crippen molar-refractivity contribution in [2.45, 2.75) is 59.5 Å². The van der Waals surface area contributed by atoms with Crippen LogP contribution in [0.15, 0.2) is 0 Å². The number of rotatable bonds is 3. The topological polar surface area (TPSA) is 40.5 Å². The van der Waals surface area contributed by atoms with Gasteiger partial charge in [-0.15, -0.1) is 0 Å². The minimum absolute atomic E-state index is 0.173. The maximum atomic E-state index is 12.2. The number of amides is 1. The second kappa shape index (κ2) is 6.05. The van der Waals surface area contributed by atoms with Gasteiger partial charge in [0.25, 0.3) is 0 Å². The number of nitrogens with zero attached hydrogens (tertiary/aromatic N) is 1. The van der Waals surface area contributed by atoms with Gasteiger partial charge in [-0.05, 0) is 43.9 Å². The molecule has 3 nitrogen and oxygen atoms in total. The number of aliphatic hydroxyl groups is 1. The molecular formula is C15H29NO2. The van der Waals surface area contributed by atoms with Gasteiger partial charge in [-0.25, -0.2) is 0 Å². The highest BCUT2D eigenvalue weighted by Gasteiger charge is 2.33. The van der Waals surface area contributed by atoms with Crippen LogP contribution in [0.4, 0.5) is 0 Å². The molecule has 0 radical (unpaired) electrons. The summed E-state index contributed by atoms with van der Waals surface area (Å²) >= 11 is 0. The number of likely N-dealkylation sites (N-methyl/N-ethyl adjacent to an activating group) is 1. The van der Waals surface area contributed by atoms with Crippen LogP contribution in [-0.2, 0) is 4.79 Å². The van der Waals surface area contributed by atoms with E-state index in [2.05, 4.69) is 20.8 Å². The average molecular weight is 255 g/mol. The second-order valence-corrected chi connectivity index (χ2v) is 6.98. The molecule has 3 heteroatoms. The van der Waals surface area contributed by atoms with Crippen LogP contribution in [0.25, 0.3) is 0 Å². The minimum atomic E-state index is -0.440. The first-order valence-corrected chi connectivity index (χ1v) is 7.15. The average Bonchev–Trinajstić information content (AvgIpc) is 2.26. The Bertz CT molecular complexity index is 273. The Hall–Kier alpha value is -0.570. The molecule has 1 unspecified atom stereocenters. The lowest BCUT2D eigenvalue weighted by Crippen LogP contribution is -2.39. The van der Waals surface area contributed by atoms with Gasteiger partial charge < -0.3 is 10.0 Å². The fourth-order valence-electron chi connectivity index (χ4n) is 3.00. The summed E-state index contributed by atoms with van der Waals surface area (Å²) in [5, 5.41) is 9.32. The highest BCUT2D eigenvalue weighted by Crippen LogP contribution is 2.40. The van der Waals surface area contributed by atoms with Crippen LogP contribution < -0.4 is 0 Å². The SMILES string of the molecule is CC(O)CN(C)C(=O)C1CCC(C(C)(C)C)CC1. The zero-order valence-electron chi connectivity index (χ0n) is 12.6. The van der Waals surface area contributed by atoms with E-state index in [0.29, 0.717) is 12.0 Å². The van der Waals surface area contributed by atoms with E-state index in [1.807, 2.05) is 0 Å². The van der Waals surface area contributed by atoms with Crippen LogP contribution >= 0.6 is 0 Å². The lowest BCUT2D eigenvalue weighted by Gasteiger charge is -2.37. The Labute approximate surface area is 112 Å². The highest BCUT2D eigenvalue weighted by molar-refractivity contribution is 5.78. The van der Waals surface area contributed by atoms with Crippen LogP contribution in [-0.4, -0.2) is 35.6 Å². The smallest absolute Gasteiger partial charge is 0.225 e. The zero-order chi connectivity index (χ0) is 13.9.